The molecule has 3 atom stereocenters. The van der Waals surface area contributed by atoms with E-state index >= 15 is 0 Å². The Bertz CT molecular complexity index is 535. The lowest BCUT2D eigenvalue weighted by atomic mass is 9.81. The molecule has 3 aliphatic heterocycles. The fourth-order valence-electron chi connectivity index (χ4n) is 5.01. The van der Waals surface area contributed by atoms with E-state index in [4.69, 9.17) is 0 Å². The van der Waals surface area contributed by atoms with Gasteiger partial charge in [-0.1, -0.05) is 13.8 Å². The summed E-state index contributed by atoms with van der Waals surface area (Å²) in [5.74, 6) is 0.0927. The van der Waals surface area contributed by atoms with Gasteiger partial charge in [-0.2, -0.15) is 0 Å². The molecule has 2 amide bonds. The van der Waals surface area contributed by atoms with E-state index in [0.717, 1.165) is 77.9 Å². The molecule has 0 aliphatic carbocycles. The number of rotatable bonds is 7. The largest absolute Gasteiger partial charge is 0.352 e. The third kappa shape index (κ3) is 5.45. The molecule has 0 aromatic rings. The topological polar surface area (TPSA) is 76.7 Å². The van der Waals surface area contributed by atoms with Crippen LogP contribution in [0.3, 0.4) is 0 Å². The van der Waals surface area contributed by atoms with Gasteiger partial charge in [-0.15, -0.1) is 0 Å². The molecule has 3 heterocycles. The van der Waals surface area contributed by atoms with Gasteiger partial charge in [-0.25, -0.2) is 0 Å². The van der Waals surface area contributed by atoms with Crippen molar-refractivity contribution in [3.63, 3.8) is 0 Å². The van der Waals surface area contributed by atoms with Crippen molar-refractivity contribution in [1.29, 1.82) is 0 Å². The Morgan fingerprint density at radius 3 is 2.14 bits per heavy atom. The first-order valence-corrected chi connectivity index (χ1v) is 11.3. The number of hydrogen-bond donors (Lipinski definition) is 3. The van der Waals surface area contributed by atoms with Crippen LogP contribution >= 0.6 is 0 Å². The zero-order valence-electron chi connectivity index (χ0n) is 17.8. The number of nitrogens with one attached hydrogen (secondary N) is 3. The summed E-state index contributed by atoms with van der Waals surface area (Å²) in [6.45, 7) is 11.9. The summed E-state index contributed by atoms with van der Waals surface area (Å²) in [5.41, 5.74) is -0.600. The fourth-order valence-corrected chi connectivity index (χ4v) is 5.01. The SMILES string of the molecule is CCN1CCCC(NC(=O)CC2(C(=O)NC3CCCN(CC)C3)CCNC2)C1. The summed E-state index contributed by atoms with van der Waals surface area (Å²) in [7, 11) is 0. The van der Waals surface area contributed by atoms with Crippen molar-refractivity contribution >= 4 is 11.8 Å². The summed E-state index contributed by atoms with van der Waals surface area (Å²) in [6.07, 6.45) is 5.35. The monoisotopic (exact) mass is 393 g/mol. The van der Waals surface area contributed by atoms with Crippen LogP contribution in [0.25, 0.3) is 0 Å². The van der Waals surface area contributed by atoms with E-state index in [9.17, 15) is 9.59 Å². The van der Waals surface area contributed by atoms with Gasteiger partial charge in [0.2, 0.25) is 11.8 Å². The summed E-state index contributed by atoms with van der Waals surface area (Å²) >= 11 is 0. The maximum absolute atomic E-state index is 13.2. The van der Waals surface area contributed by atoms with E-state index in [0.29, 0.717) is 13.0 Å². The molecular weight excluding hydrogens is 354 g/mol. The zero-order valence-corrected chi connectivity index (χ0v) is 17.8. The van der Waals surface area contributed by atoms with Crippen LogP contribution in [-0.4, -0.2) is 86.1 Å². The molecule has 0 aromatic heterocycles. The molecular formula is C21H39N5O2. The number of nitrogens with zero attached hydrogens (tertiary/aromatic N) is 2. The van der Waals surface area contributed by atoms with E-state index in [2.05, 4.69) is 39.6 Å². The molecule has 3 rings (SSSR count). The van der Waals surface area contributed by atoms with E-state index in [-0.39, 0.29) is 23.9 Å². The number of likely N-dealkylation sites (tertiary alicyclic amines) is 2. The normalized spacial score (nSPS) is 32.2. The predicted molar refractivity (Wildman–Crippen MR) is 111 cm³/mol. The quantitative estimate of drug-likeness (QED) is 0.589. The van der Waals surface area contributed by atoms with Crippen LogP contribution < -0.4 is 16.0 Å². The first-order valence-electron chi connectivity index (χ1n) is 11.3. The van der Waals surface area contributed by atoms with E-state index in [1.165, 1.54) is 0 Å². The lowest BCUT2D eigenvalue weighted by Crippen LogP contribution is -2.54. The third-order valence-corrected chi connectivity index (χ3v) is 6.83. The average molecular weight is 394 g/mol. The minimum atomic E-state index is -0.600. The van der Waals surface area contributed by atoms with Gasteiger partial charge < -0.3 is 25.8 Å². The maximum atomic E-state index is 13.2. The van der Waals surface area contributed by atoms with Crippen molar-refractivity contribution in [2.45, 2.75) is 64.5 Å². The predicted octanol–water partition coefficient (Wildman–Crippen LogP) is 0.557. The number of likely N-dealkylation sites (N-methyl/N-ethyl adjacent to an activating group) is 2. The van der Waals surface area contributed by atoms with Gasteiger partial charge >= 0.3 is 0 Å². The minimum absolute atomic E-state index is 0.0284. The Kier molecular flexibility index (Phi) is 7.71. The highest BCUT2D eigenvalue weighted by Crippen LogP contribution is 2.31. The first kappa shape index (κ1) is 21.5. The lowest BCUT2D eigenvalue weighted by molar-refractivity contribution is -0.136. The molecule has 7 heteroatoms. The molecule has 0 saturated carbocycles. The van der Waals surface area contributed by atoms with Gasteiger partial charge in [0.25, 0.3) is 0 Å². The standard InChI is InChI=1S/C21H39N5O2/c1-3-25-11-5-7-17(14-25)23-19(27)13-21(9-10-22-16-21)20(28)24-18-8-6-12-26(4-2)15-18/h17-18,22H,3-16H2,1-2H3,(H,23,27)(H,24,28). The molecule has 0 radical (unpaired) electrons. The Morgan fingerprint density at radius 2 is 1.61 bits per heavy atom. The van der Waals surface area contributed by atoms with Crippen molar-refractivity contribution in [2.24, 2.45) is 5.41 Å². The molecule has 0 bridgehead atoms. The Hall–Kier alpha value is -1.18. The molecule has 7 nitrogen and oxygen atoms in total. The highest BCUT2D eigenvalue weighted by atomic mass is 16.2. The second-order valence-corrected chi connectivity index (χ2v) is 8.89. The highest BCUT2D eigenvalue weighted by molar-refractivity contribution is 5.89. The molecule has 0 aromatic carbocycles. The van der Waals surface area contributed by atoms with Crippen LogP contribution in [-0.2, 0) is 9.59 Å². The second kappa shape index (κ2) is 10.0. The Balaban J connectivity index is 1.55. The summed E-state index contributed by atoms with van der Waals surface area (Å²) in [5, 5.41) is 9.81. The maximum Gasteiger partial charge on any atom is 0.228 e. The number of carbonyl (C=O) groups excluding carboxylic acids is 2. The van der Waals surface area contributed by atoms with Crippen molar-refractivity contribution < 1.29 is 9.59 Å². The number of amides is 2. The van der Waals surface area contributed by atoms with Crippen LogP contribution in [0.15, 0.2) is 0 Å². The molecule has 3 aliphatic rings. The summed E-state index contributed by atoms with van der Waals surface area (Å²) < 4.78 is 0. The van der Waals surface area contributed by atoms with Crippen LogP contribution in [0.2, 0.25) is 0 Å². The lowest BCUT2D eigenvalue weighted by Gasteiger charge is -2.36. The highest BCUT2D eigenvalue weighted by Gasteiger charge is 2.44. The van der Waals surface area contributed by atoms with Crippen LogP contribution in [0.5, 0.6) is 0 Å². The summed E-state index contributed by atoms with van der Waals surface area (Å²) in [6, 6.07) is 0.422. The van der Waals surface area contributed by atoms with Gasteiger partial charge in [0.05, 0.1) is 5.41 Å². The van der Waals surface area contributed by atoms with Gasteiger partial charge in [0, 0.05) is 38.1 Å². The minimum Gasteiger partial charge on any atom is -0.352 e. The third-order valence-electron chi connectivity index (χ3n) is 6.83. The van der Waals surface area contributed by atoms with E-state index in [1.54, 1.807) is 0 Å². The number of piperidine rings is 2. The van der Waals surface area contributed by atoms with Crippen molar-refractivity contribution in [3.05, 3.63) is 0 Å². The van der Waals surface area contributed by atoms with Crippen molar-refractivity contribution in [2.75, 3.05) is 52.4 Å². The summed E-state index contributed by atoms with van der Waals surface area (Å²) in [4.78, 5) is 30.8. The van der Waals surface area contributed by atoms with Gasteiger partial charge in [0.1, 0.15) is 0 Å². The fraction of sp³-hybridized carbons (Fsp3) is 0.905. The molecule has 3 saturated heterocycles. The average Bonchev–Trinajstić information content (AvgIpc) is 3.17. The Morgan fingerprint density at radius 1 is 1.00 bits per heavy atom. The first-order chi connectivity index (χ1) is 13.5. The molecule has 3 fully saturated rings. The van der Waals surface area contributed by atoms with Crippen molar-refractivity contribution in [3.8, 4) is 0 Å². The van der Waals surface area contributed by atoms with Gasteiger partial charge in [-0.3, -0.25) is 9.59 Å². The second-order valence-electron chi connectivity index (χ2n) is 8.89. The van der Waals surface area contributed by atoms with Crippen LogP contribution in [0, 0.1) is 5.41 Å². The van der Waals surface area contributed by atoms with Crippen LogP contribution in [0.4, 0.5) is 0 Å². The zero-order chi connectivity index (χ0) is 20.0. The molecule has 160 valence electrons. The van der Waals surface area contributed by atoms with Crippen molar-refractivity contribution in [1.82, 2.24) is 25.8 Å². The van der Waals surface area contributed by atoms with Crippen LogP contribution in [0.1, 0.15) is 52.4 Å². The molecule has 3 N–H and O–H groups in total. The van der Waals surface area contributed by atoms with Gasteiger partial charge in [0.15, 0.2) is 0 Å². The van der Waals surface area contributed by atoms with Gasteiger partial charge in [-0.05, 0) is 64.8 Å². The smallest absolute Gasteiger partial charge is 0.228 e. The van der Waals surface area contributed by atoms with E-state index in [1.807, 2.05) is 0 Å². The number of carbonyl (C=O) groups is 2. The Labute approximate surface area is 170 Å². The molecule has 0 spiro atoms. The van der Waals surface area contributed by atoms with E-state index < -0.39 is 5.41 Å². The molecule has 28 heavy (non-hydrogen) atoms. The molecule has 3 unspecified atom stereocenters. The number of hydrogen-bond acceptors (Lipinski definition) is 5.